The molecule has 0 saturated carbocycles. The van der Waals surface area contributed by atoms with E-state index in [0.717, 1.165) is 17.5 Å². The van der Waals surface area contributed by atoms with E-state index in [-0.39, 0.29) is 11.9 Å². The molecule has 0 aliphatic rings. The van der Waals surface area contributed by atoms with E-state index in [9.17, 15) is 4.79 Å². The minimum atomic E-state index is -0.238. The van der Waals surface area contributed by atoms with E-state index in [2.05, 4.69) is 14.9 Å². The second-order valence-corrected chi connectivity index (χ2v) is 3.44. The summed E-state index contributed by atoms with van der Waals surface area (Å²) in [6.45, 7) is 3.97. The maximum atomic E-state index is 11.4. The monoisotopic (exact) mass is 205 g/mol. The van der Waals surface area contributed by atoms with Gasteiger partial charge in [-0.15, -0.1) is 0 Å². The normalized spacial score (nSPS) is 12.2. The average molecular weight is 205 g/mol. The average Bonchev–Trinajstić information content (AvgIpc) is 2.21. The van der Waals surface area contributed by atoms with Crippen LogP contribution in [0.25, 0.3) is 0 Å². The Morgan fingerprint density at radius 1 is 1.50 bits per heavy atom. The quantitative estimate of drug-likeness (QED) is 0.706. The van der Waals surface area contributed by atoms with Crippen molar-refractivity contribution < 1.29 is 9.22 Å². The molecule has 0 aliphatic carbocycles. The highest BCUT2D eigenvalue weighted by Gasteiger charge is 2.19. The molecule has 2 nitrogen and oxygen atoms in total. The van der Waals surface area contributed by atoms with Gasteiger partial charge >= 0.3 is 10.5 Å². The van der Waals surface area contributed by atoms with Crippen LogP contribution in [0.4, 0.5) is 0 Å². The predicted molar refractivity (Wildman–Crippen MR) is 56.1 cm³/mol. The van der Waals surface area contributed by atoms with E-state index in [4.69, 9.17) is 0 Å². The van der Waals surface area contributed by atoms with E-state index < -0.39 is 0 Å². The van der Waals surface area contributed by atoms with Crippen LogP contribution in [0.1, 0.15) is 30.4 Å². The van der Waals surface area contributed by atoms with Crippen molar-refractivity contribution in [2.45, 2.75) is 26.2 Å². The Morgan fingerprint density at radius 3 is 2.64 bits per heavy atom. The summed E-state index contributed by atoms with van der Waals surface area (Å²) >= 11 is 0. The molecule has 0 heterocycles. The second-order valence-electron chi connectivity index (χ2n) is 3.24. The van der Waals surface area contributed by atoms with Crippen LogP contribution in [0.2, 0.25) is 0 Å². The third kappa shape index (κ3) is 2.23. The van der Waals surface area contributed by atoms with Crippen molar-refractivity contribution in [3.05, 3.63) is 35.4 Å². The standard InChI is InChI=1S/C11H13O2Si/c1-3-9(11(12)13-14)10-7-5-4-6-8(10)2/h4-7,9H,3H2,1-2H3. The Morgan fingerprint density at radius 2 is 2.14 bits per heavy atom. The predicted octanol–water partition coefficient (Wildman–Crippen LogP) is 2.12. The molecule has 0 aliphatic heterocycles. The van der Waals surface area contributed by atoms with E-state index in [1.54, 1.807) is 0 Å². The molecule has 73 valence electrons. The molecule has 14 heavy (non-hydrogen) atoms. The van der Waals surface area contributed by atoms with Crippen LogP contribution in [0.5, 0.6) is 0 Å². The summed E-state index contributed by atoms with van der Waals surface area (Å²) < 4.78 is 4.58. The Bertz CT molecular complexity index is 323. The molecule has 1 rings (SSSR count). The molecule has 0 amide bonds. The van der Waals surface area contributed by atoms with Crippen molar-refractivity contribution in [1.29, 1.82) is 0 Å². The molecule has 0 spiro atoms. The summed E-state index contributed by atoms with van der Waals surface area (Å²) in [7, 11) is 2.78. The molecule has 0 bridgehead atoms. The molecule has 0 saturated heterocycles. The van der Waals surface area contributed by atoms with Crippen molar-refractivity contribution in [1.82, 2.24) is 0 Å². The van der Waals surface area contributed by atoms with Crippen LogP contribution < -0.4 is 0 Å². The summed E-state index contributed by atoms with van der Waals surface area (Å²) in [5.74, 6) is -0.410. The first-order valence-corrected chi connectivity index (χ1v) is 5.04. The minimum absolute atomic E-state index is 0.173. The van der Waals surface area contributed by atoms with Gasteiger partial charge in [0.15, 0.2) is 0 Å². The van der Waals surface area contributed by atoms with E-state index in [1.165, 1.54) is 0 Å². The molecule has 0 aromatic heterocycles. The first-order valence-electron chi connectivity index (χ1n) is 4.63. The fourth-order valence-corrected chi connectivity index (χ4v) is 1.70. The zero-order valence-corrected chi connectivity index (χ0v) is 9.41. The van der Waals surface area contributed by atoms with Gasteiger partial charge in [-0.2, -0.15) is 0 Å². The van der Waals surface area contributed by atoms with Crippen LogP contribution in [0, 0.1) is 6.92 Å². The van der Waals surface area contributed by atoms with Crippen molar-refractivity contribution in [2.24, 2.45) is 0 Å². The van der Waals surface area contributed by atoms with Gasteiger partial charge < -0.3 is 4.43 Å². The van der Waals surface area contributed by atoms with Crippen LogP contribution in [-0.2, 0) is 9.22 Å². The largest absolute Gasteiger partial charge is 0.516 e. The molecule has 1 aromatic carbocycles. The van der Waals surface area contributed by atoms with Crippen molar-refractivity contribution in [3.8, 4) is 0 Å². The van der Waals surface area contributed by atoms with Crippen molar-refractivity contribution >= 4 is 16.5 Å². The maximum Gasteiger partial charge on any atom is 0.345 e. The van der Waals surface area contributed by atoms with E-state index >= 15 is 0 Å². The SMILES string of the molecule is CCC(C(=O)O[Si])c1ccccc1C. The summed E-state index contributed by atoms with van der Waals surface area (Å²) in [5, 5.41) is 0. The number of benzene rings is 1. The number of hydrogen-bond acceptors (Lipinski definition) is 2. The van der Waals surface area contributed by atoms with E-state index in [0.29, 0.717) is 0 Å². The van der Waals surface area contributed by atoms with Crippen LogP contribution in [0.3, 0.4) is 0 Å². The fraction of sp³-hybridized carbons (Fsp3) is 0.364. The van der Waals surface area contributed by atoms with E-state index in [1.807, 2.05) is 38.1 Å². The lowest BCUT2D eigenvalue weighted by molar-refractivity contribution is -0.135. The maximum absolute atomic E-state index is 11.4. The van der Waals surface area contributed by atoms with Crippen LogP contribution >= 0.6 is 0 Å². The number of rotatable bonds is 3. The first-order chi connectivity index (χ1) is 6.70. The molecule has 3 radical (unpaired) electrons. The van der Waals surface area contributed by atoms with Gasteiger partial charge in [-0.3, -0.25) is 4.79 Å². The lowest BCUT2D eigenvalue weighted by atomic mass is 9.93. The molecule has 3 heteroatoms. The van der Waals surface area contributed by atoms with Gasteiger partial charge in [0.25, 0.3) is 5.97 Å². The lowest BCUT2D eigenvalue weighted by Crippen LogP contribution is -2.14. The molecular formula is C11H13O2Si. The molecule has 1 aromatic rings. The minimum Gasteiger partial charge on any atom is -0.516 e. The molecule has 0 fully saturated rings. The van der Waals surface area contributed by atoms with Crippen molar-refractivity contribution in [3.63, 3.8) is 0 Å². The number of hydrogen-bond donors (Lipinski definition) is 0. The molecule has 1 atom stereocenters. The third-order valence-electron chi connectivity index (χ3n) is 2.36. The lowest BCUT2D eigenvalue weighted by Gasteiger charge is -2.14. The van der Waals surface area contributed by atoms with Crippen LogP contribution in [-0.4, -0.2) is 16.5 Å². The summed E-state index contributed by atoms with van der Waals surface area (Å²) in [5.41, 5.74) is 2.16. The highest BCUT2D eigenvalue weighted by molar-refractivity contribution is 6.06. The number of aryl methyl sites for hydroxylation is 1. The number of carbonyl (C=O) groups excluding carboxylic acids is 1. The highest BCUT2D eigenvalue weighted by Crippen LogP contribution is 2.23. The van der Waals surface area contributed by atoms with Gasteiger partial charge in [-0.25, -0.2) is 0 Å². The van der Waals surface area contributed by atoms with Crippen molar-refractivity contribution in [2.75, 3.05) is 0 Å². The highest BCUT2D eigenvalue weighted by atomic mass is 28.2. The van der Waals surface area contributed by atoms with Gasteiger partial charge in [0.05, 0.1) is 5.92 Å². The summed E-state index contributed by atoms with van der Waals surface area (Å²) in [4.78, 5) is 11.4. The van der Waals surface area contributed by atoms with Gasteiger partial charge in [0.2, 0.25) is 0 Å². The van der Waals surface area contributed by atoms with Gasteiger partial charge in [0, 0.05) is 0 Å². The Labute approximate surface area is 87.8 Å². The fourth-order valence-electron chi connectivity index (χ4n) is 1.56. The smallest absolute Gasteiger partial charge is 0.345 e. The Hall–Kier alpha value is -1.09. The summed E-state index contributed by atoms with van der Waals surface area (Å²) in [6.07, 6.45) is 0.744. The molecule has 1 unspecified atom stereocenters. The number of carbonyl (C=O) groups is 1. The summed E-state index contributed by atoms with van der Waals surface area (Å²) in [6, 6.07) is 7.86. The van der Waals surface area contributed by atoms with Gasteiger partial charge in [-0.1, -0.05) is 31.2 Å². The van der Waals surface area contributed by atoms with Gasteiger partial charge in [0.1, 0.15) is 0 Å². The van der Waals surface area contributed by atoms with Gasteiger partial charge in [-0.05, 0) is 24.5 Å². The molecular weight excluding hydrogens is 192 g/mol. The topological polar surface area (TPSA) is 26.3 Å². The second kappa shape index (κ2) is 4.96. The Kier molecular flexibility index (Phi) is 3.89. The zero-order valence-electron chi connectivity index (χ0n) is 8.41. The van der Waals surface area contributed by atoms with Crippen LogP contribution in [0.15, 0.2) is 24.3 Å². The third-order valence-corrected chi connectivity index (χ3v) is 2.56. The first kappa shape index (κ1) is 11.0. The Balaban J connectivity index is 3.01. The molecule has 0 N–H and O–H groups in total. The zero-order chi connectivity index (χ0) is 10.6.